The maximum Gasteiger partial charge on any atom is 0.142 e. The highest BCUT2D eigenvalue weighted by Crippen LogP contribution is 2.29. The minimum atomic E-state index is 0.778. The molecule has 0 radical (unpaired) electrons. The molecule has 2 rings (SSSR count). The minimum absolute atomic E-state index is 0.778. The lowest BCUT2D eigenvalue weighted by Gasteiger charge is -2.31. The lowest BCUT2D eigenvalue weighted by Crippen LogP contribution is -2.43. The number of hydrogen-bond donors (Lipinski definition) is 1. The van der Waals surface area contributed by atoms with Crippen LogP contribution >= 0.6 is 0 Å². The third-order valence-electron chi connectivity index (χ3n) is 3.58. The van der Waals surface area contributed by atoms with E-state index in [4.69, 9.17) is 4.74 Å². The monoisotopic (exact) mass is 277 g/mol. The van der Waals surface area contributed by atoms with Crippen molar-refractivity contribution in [2.24, 2.45) is 0 Å². The van der Waals surface area contributed by atoms with E-state index in [9.17, 15) is 0 Å². The summed E-state index contributed by atoms with van der Waals surface area (Å²) in [7, 11) is 4.19. The minimum Gasteiger partial charge on any atom is -0.491 e. The topological polar surface area (TPSA) is 27.7 Å². The molecule has 1 heterocycles. The van der Waals surface area contributed by atoms with Crippen LogP contribution < -0.4 is 15.0 Å². The van der Waals surface area contributed by atoms with Crippen LogP contribution in [0.15, 0.2) is 18.2 Å². The first-order chi connectivity index (χ1) is 9.66. The number of nitrogens with zero attached hydrogens (tertiary/aromatic N) is 2. The summed E-state index contributed by atoms with van der Waals surface area (Å²) in [5, 5.41) is 3.40. The van der Waals surface area contributed by atoms with E-state index in [0.29, 0.717) is 0 Å². The Hall–Kier alpha value is -1.26. The van der Waals surface area contributed by atoms with Gasteiger partial charge in [0.2, 0.25) is 0 Å². The number of piperazine rings is 1. The molecule has 0 amide bonds. The Bertz CT molecular complexity index is 414. The van der Waals surface area contributed by atoms with Crippen LogP contribution in [0.5, 0.6) is 5.75 Å². The van der Waals surface area contributed by atoms with E-state index in [-0.39, 0.29) is 0 Å². The Balaban J connectivity index is 1.99. The molecule has 4 heteroatoms. The first kappa shape index (κ1) is 15.1. The number of ether oxygens (including phenoxy) is 1. The summed E-state index contributed by atoms with van der Waals surface area (Å²) in [4.78, 5) is 4.61. The smallest absolute Gasteiger partial charge is 0.142 e. The molecular weight excluding hydrogens is 250 g/mol. The van der Waals surface area contributed by atoms with Crippen molar-refractivity contribution >= 4 is 5.69 Å². The predicted octanol–water partition coefficient (Wildman–Crippen LogP) is 1.74. The molecule has 0 bridgehead atoms. The van der Waals surface area contributed by atoms with Gasteiger partial charge in [0, 0.05) is 32.7 Å². The molecule has 0 atom stereocenters. The normalized spacial score (nSPS) is 15.7. The number of anilines is 1. The number of hydrogen-bond acceptors (Lipinski definition) is 4. The summed E-state index contributed by atoms with van der Waals surface area (Å²) < 4.78 is 6.01. The SMILES string of the molecule is Cc1ccc(OCCCN(C)C)c(N2CCNCC2)c1. The van der Waals surface area contributed by atoms with Gasteiger partial charge in [-0.1, -0.05) is 6.07 Å². The van der Waals surface area contributed by atoms with Crippen LogP contribution in [0.1, 0.15) is 12.0 Å². The Kier molecular flexibility index (Phi) is 5.68. The van der Waals surface area contributed by atoms with Gasteiger partial charge in [0.25, 0.3) is 0 Å². The molecule has 0 aliphatic carbocycles. The standard InChI is InChI=1S/C16H27N3O/c1-14-5-6-16(20-12-4-9-18(2)3)15(13-14)19-10-7-17-8-11-19/h5-6,13,17H,4,7-12H2,1-3H3. The van der Waals surface area contributed by atoms with Crippen LogP contribution in [0.25, 0.3) is 0 Å². The molecule has 1 aromatic rings. The molecule has 0 aromatic heterocycles. The molecule has 20 heavy (non-hydrogen) atoms. The van der Waals surface area contributed by atoms with Crippen molar-refractivity contribution in [3.63, 3.8) is 0 Å². The zero-order valence-electron chi connectivity index (χ0n) is 13.0. The molecule has 1 fully saturated rings. The van der Waals surface area contributed by atoms with Crippen molar-refractivity contribution in [1.82, 2.24) is 10.2 Å². The highest BCUT2D eigenvalue weighted by atomic mass is 16.5. The van der Waals surface area contributed by atoms with Gasteiger partial charge in [0.05, 0.1) is 12.3 Å². The van der Waals surface area contributed by atoms with Gasteiger partial charge in [-0.3, -0.25) is 0 Å². The number of benzene rings is 1. The molecule has 1 N–H and O–H groups in total. The average Bonchev–Trinajstić information content (AvgIpc) is 2.45. The number of rotatable bonds is 6. The molecule has 4 nitrogen and oxygen atoms in total. The fourth-order valence-corrected chi connectivity index (χ4v) is 2.47. The number of aryl methyl sites for hydroxylation is 1. The lowest BCUT2D eigenvalue weighted by atomic mass is 10.1. The first-order valence-electron chi connectivity index (χ1n) is 7.50. The maximum absolute atomic E-state index is 6.01. The van der Waals surface area contributed by atoms with Crippen LogP contribution in [-0.4, -0.2) is 58.3 Å². The summed E-state index contributed by atoms with van der Waals surface area (Å²) in [5.74, 6) is 1.02. The molecule has 1 aliphatic heterocycles. The second kappa shape index (κ2) is 7.50. The summed E-state index contributed by atoms with van der Waals surface area (Å²) >= 11 is 0. The molecular formula is C16H27N3O. The highest BCUT2D eigenvalue weighted by Gasteiger charge is 2.15. The summed E-state index contributed by atoms with van der Waals surface area (Å²) in [6.07, 6.45) is 1.06. The van der Waals surface area contributed by atoms with Gasteiger partial charge >= 0.3 is 0 Å². The Morgan fingerprint density at radius 3 is 2.70 bits per heavy atom. The van der Waals surface area contributed by atoms with Crippen molar-refractivity contribution in [1.29, 1.82) is 0 Å². The predicted molar refractivity (Wildman–Crippen MR) is 84.9 cm³/mol. The zero-order valence-corrected chi connectivity index (χ0v) is 13.0. The first-order valence-corrected chi connectivity index (χ1v) is 7.50. The van der Waals surface area contributed by atoms with E-state index in [1.165, 1.54) is 11.3 Å². The summed E-state index contributed by atoms with van der Waals surface area (Å²) in [6.45, 7) is 8.19. The van der Waals surface area contributed by atoms with E-state index in [1.54, 1.807) is 0 Å². The van der Waals surface area contributed by atoms with Crippen molar-refractivity contribution in [2.75, 3.05) is 58.3 Å². The van der Waals surface area contributed by atoms with Crippen LogP contribution in [0.3, 0.4) is 0 Å². The molecule has 1 aromatic carbocycles. The van der Waals surface area contributed by atoms with E-state index in [0.717, 1.165) is 51.5 Å². The molecule has 0 spiro atoms. The van der Waals surface area contributed by atoms with Crippen molar-refractivity contribution in [3.8, 4) is 5.75 Å². The van der Waals surface area contributed by atoms with Crippen molar-refractivity contribution in [2.45, 2.75) is 13.3 Å². The van der Waals surface area contributed by atoms with E-state index in [2.05, 4.69) is 54.3 Å². The van der Waals surface area contributed by atoms with Crippen molar-refractivity contribution in [3.05, 3.63) is 23.8 Å². The van der Waals surface area contributed by atoms with Gasteiger partial charge in [0.15, 0.2) is 0 Å². The molecule has 0 unspecified atom stereocenters. The second-order valence-corrected chi connectivity index (χ2v) is 5.71. The fourth-order valence-electron chi connectivity index (χ4n) is 2.47. The molecule has 1 saturated heterocycles. The summed E-state index contributed by atoms with van der Waals surface area (Å²) in [6, 6.07) is 6.49. The van der Waals surface area contributed by atoms with Gasteiger partial charge in [-0.05, 0) is 45.1 Å². The Morgan fingerprint density at radius 1 is 1.25 bits per heavy atom. The van der Waals surface area contributed by atoms with E-state index < -0.39 is 0 Å². The second-order valence-electron chi connectivity index (χ2n) is 5.71. The van der Waals surface area contributed by atoms with Crippen LogP contribution in [0.4, 0.5) is 5.69 Å². The summed E-state index contributed by atoms with van der Waals surface area (Å²) in [5.41, 5.74) is 2.54. The molecule has 112 valence electrons. The third kappa shape index (κ3) is 4.39. The largest absolute Gasteiger partial charge is 0.491 e. The zero-order chi connectivity index (χ0) is 14.4. The van der Waals surface area contributed by atoms with Gasteiger partial charge in [-0.15, -0.1) is 0 Å². The molecule has 1 aliphatic rings. The van der Waals surface area contributed by atoms with Gasteiger partial charge in [0.1, 0.15) is 5.75 Å². The fraction of sp³-hybridized carbons (Fsp3) is 0.625. The van der Waals surface area contributed by atoms with Crippen molar-refractivity contribution < 1.29 is 4.74 Å². The lowest BCUT2D eigenvalue weighted by molar-refractivity contribution is 0.281. The quantitative estimate of drug-likeness (QED) is 0.802. The third-order valence-corrected chi connectivity index (χ3v) is 3.58. The van der Waals surface area contributed by atoms with Crippen LogP contribution in [0.2, 0.25) is 0 Å². The van der Waals surface area contributed by atoms with Crippen LogP contribution in [-0.2, 0) is 0 Å². The molecule has 0 saturated carbocycles. The average molecular weight is 277 g/mol. The Labute approximate surface area is 122 Å². The van der Waals surface area contributed by atoms with Crippen LogP contribution in [0, 0.1) is 6.92 Å². The van der Waals surface area contributed by atoms with Gasteiger partial charge < -0.3 is 19.9 Å². The Morgan fingerprint density at radius 2 is 2.00 bits per heavy atom. The van der Waals surface area contributed by atoms with Gasteiger partial charge in [-0.2, -0.15) is 0 Å². The number of nitrogens with one attached hydrogen (secondary N) is 1. The highest BCUT2D eigenvalue weighted by molar-refractivity contribution is 5.60. The van der Waals surface area contributed by atoms with Gasteiger partial charge in [-0.25, -0.2) is 0 Å². The maximum atomic E-state index is 6.01. The van der Waals surface area contributed by atoms with E-state index >= 15 is 0 Å². The van der Waals surface area contributed by atoms with E-state index in [1.807, 2.05) is 0 Å².